The van der Waals surface area contributed by atoms with Gasteiger partial charge >= 0.3 is 12.1 Å². The van der Waals surface area contributed by atoms with E-state index in [4.69, 9.17) is 0 Å². The van der Waals surface area contributed by atoms with E-state index >= 15 is 0 Å². The molecule has 0 rings (SSSR count). The molecule has 0 radical (unpaired) electrons. The van der Waals surface area contributed by atoms with Crippen molar-refractivity contribution < 1.29 is 27.1 Å². The van der Waals surface area contributed by atoms with Gasteiger partial charge in [0.25, 0.3) is 0 Å². The summed E-state index contributed by atoms with van der Waals surface area (Å²) in [6.07, 6.45) is 7.61. The third kappa shape index (κ3) is 16.4. The van der Waals surface area contributed by atoms with Gasteiger partial charge < -0.3 is 4.74 Å². The third-order valence-electron chi connectivity index (χ3n) is 4.25. The lowest BCUT2D eigenvalue weighted by Gasteiger charge is -2.09. The Balaban J connectivity index is 3.31. The topological polar surface area (TPSA) is 26.3 Å². The van der Waals surface area contributed by atoms with Crippen LogP contribution in [0.2, 0.25) is 0 Å². The molecule has 0 amide bonds. The van der Waals surface area contributed by atoms with E-state index in [-0.39, 0.29) is 6.61 Å². The van der Waals surface area contributed by atoms with Gasteiger partial charge in [-0.1, -0.05) is 71.1 Å². The minimum Gasteiger partial charge on any atom is -0.459 e. The quantitative estimate of drug-likeness (QED) is 0.168. The van der Waals surface area contributed by atoms with Crippen molar-refractivity contribution in [2.45, 2.75) is 109 Å². The van der Waals surface area contributed by atoms with E-state index in [1.165, 1.54) is 44.9 Å². The molecule has 0 aliphatic carbocycles. The number of esters is 1. The van der Waals surface area contributed by atoms with Crippen molar-refractivity contribution in [3.63, 3.8) is 0 Å². The maximum Gasteiger partial charge on any atom is 0.490 e. The lowest BCUT2D eigenvalue weighted by molar-refractivity contribution is -0.199. The molecule has 2 nitrogen and oxygen atoms in total. The Hall–Kier alpha value is -0.810. The fraction of sp³-hybridized carbons (Fsp3) is 0.947. The Morgan fingerprint density at radius 2 is 1.24 bits per heavy atom. The van der Waals surface area contributed by atoms with Crippen LogP contribution in [0.15, 0.2) is 0 Å². The van der Waals surface area contributed by atoms with Gasteiger partial charge in [0.05, 0.1) is 6.61 Å². The van der Waals surface area contributed by atoms with Gasteiger partial charge in [-0.2, -0.15) is 13.2 Å². The highest BCUT2D eigenvalue weighted by atomic mass is 19.4. The van der Waals surface area contributed by atoms with E-state index in [9.17, 15) is 22.4 Å². The van der Waals surface area contributed by atoms with E-state index in [0.717, 1.165) is 12.8 Å². The number of hydrogen-bond acceptors (Lipinski definition) is 2. The Morgan fingerprint density at radius 1 is 0.800 bits per heavy atom. The van der Waals surface area contributed by atoms with Crippen molar-refractivity contribution in [3.8, 4) is 0 Å². The SMILES string of the molecule is CCCCCCCCCCCC(F)CCCCCOC(=O)C(F)(F)F. The average molecular weight is 370 g/mol. The predicted octanol–water partition coefficient (Wildman–Crippen LogP) is 6.91. The molecular weight excluding hydrogens is 336 g/mol. The first-order valence-electron chi connectivity index (χ1n) is 9.76. The molecule has 0 aromatic carbocycles. The number of carbonyl (C=O) groups excluding carboxylic acids is 1. The summed E-state index contributed by atoms with van der Waals surface area (Å²) in [5.74, 6) is -2.15. The van der Waals surface area contributed by atoms with Crippen LogP contribution < -0.4 is 0 Å². The largest absolute Gasteiger partial charge is 0.490 e. The predicted molar refractivity (Wildman–Crippen MR) is 92.2 cm³/mol. The molecule has 0 saturated carbocycles. The number of ether oxygens (including phenoxy) is 1. The molecule has 0 saturated heterocycles. The molecule has 0 spiro atoms. The minimum absolute atomic E-state index is 0.256. The number of rotatable bonds is 16. The molecule has 0 bridgehead atoms. The Bertz CT molecular complexity index is 319. The number of alkyl halides is 4. The summed E-state index contributed by atoms with van der Waals surface area (Å²) in [7, 11) is 0. The Kier molecular flexibility index (Phi) is 14.9. The zero-order valence-corrected chi connectivity index (χ0v) is 15.5. The second kappa shape index (κ2) is 15.4. The van der Waals surface area contributed by atoms with Crippen molar-refractivity contribution in [2.75, 3.05) is 6.61 Å². The van der Waals surface area contributed by atoms with Gasteiger partial charge in [-0.25, -0.2) is 9.18 Å². The number of unbranched alkanes of at least 4 members (excludes halogenated alkanes) is 10. The van der Waals surface area contributed by atoms with Crippen molar-refractivity contribution in [3.05, 3.63) is 0 Å². The molecular formula is C19H34F4O2. The summed E-state index contributed by atoms with van der Waals surface area (Å²) in [4.78, 5) is 10.5. The van der Waals surface area contributed by atoms with Crippen LogP contribution in [-0.4, -0.2) is 24.9 Å². The van der Waals surface area contributed by atoms with Gasteiger partial charge in [-0.05, 0) is 25.7 Å². The minimum atomic E-state index is -4.93. The van der Waals surface area contributed by atoms with Gasteiger partial charge in [-0.15, -0.1) is 0 Å². The highest BCUT2D eigenvalue weighted by Gasteiger charge is 2.40. The van der Waals surface area contributed by atoms with Crippen LogP contribution in [0.3, 0.4) is 0 Å². The highest BCUT2D eigenvalue weighted by Crippen LogP contribution is 2.18. The summed E-state index contributed by atoms with van der Waals surface area (Å²) in [6.45, 7) is 1.95. The van der Waals surface area contributed by atoms with Crippen LogP contribution in [-0.2, 0) is 9.53 Å². The molecule has 1 atom stereocenters. The van der Waals surface area contributed by atoms with Crippen LogP contribution >= 0.6 is 0 Å². The molecule has 25 heavy (non-hydrogen) atoms. The van der Waals surface area contributed by atoms with Crippen LogP contribution in [0.4, 0.5) is 17.6 Å². The molecule has 0 aliphatic rings. The molecule has 1 unspecified atom stereocenters. The lowest BCUT2D eigenvalue weighted by atomic mass is 10.0. The molecule has 0 N–H and O–H groups in total. The standard InChI is InChI=1S/C19H34F4O2/c1-2-3-4-5-6-7-8-9-11-14-17(20)15-12-10-13-16-25-18(24)19(21,22)23/h17H,2-16H2,1H3. The number of halogens is 4. The van der Waals surface area contributed by atoms with Gasteiger partial charge in [0.15, 0.2) is 0 Å². The number of carbonyl (C=O) groups is 1. The van der Waals surface area contributed by atoms with Crippen molar-refractivity contribution in [1.29, 1.82) is 0 Å². The molecule has 0 fully saturated rings. The molecule has 0 aromatic heterocycles. The zero-order chi connectivity index (χ0) is 19.0. The zero-order valence-electron chi connectivity index (χ0n) is 15.5. The van der Waals surface area contributed by atoms with E-state index in [2.05, 4.69) is 11.7 Å². The molecule has 0 aromatic rings. The van der Waals surface area contributed by atoms with Crippen LogP contribution in [0.25, 0.3) is 0 Å². The lowest BCUT2D eigenvalue weighted by Crippen LogP contribution is -2.25. The molecule has 0 aliphatic heterocycles. The smallest absolute Gasteiger partial charge is 0.459 e. The second-order valence-corrected chi connectivity index (χ2v) is 6.70. The maximum absolute atomic E-state index is 13.7. The Labute approximate surface area is 149 Å². The van der Waals surface area contributed by atoms with Gasteiger partial charge in [0, 0.05) is 0 Å². The molecule has 0 heterocycles. The highest BCUT2D eigenvalue weighted by molar-refractivity contribution is 5.75. The van der Waals surface area contributed by atoms with Crippen molar-refractivity contribution in [2.24, 2.45) is 0 Å². The molecule has 150 valence electrons. The first-order valence-corrected chi connectivity index (χ1v) is 9.76. The average Bonchev–Trinajstić information content (AvgIpc) is 2.55. The fourth-order valence-electron chi connectivity index (χ4n) is 2.71. The maximum atomic E-state index is 13.7. The van der Waals surface area contributed by atoms with E-state index in [1.807, 2.05) is 0 Å². The monoisotopic (exact) mass is 370 g/mol. The van der Waals surface area contributed by atoms with Gasteiger partial charge in [0.2, 0.25) is 0 Å². The van der Waals surface area contributed by atoms with Gasteiger partial charge in [-0.3, -0.25) is 0 Å². The summed E-state index contributed by atoms with van der Waals surface area (Å²) in [6, 6.07) is 0. The van der Waals surface area contributed by atoms with E-state index < -0.39 is 18.3 Å². The number of hydrogen-bond donors (Lipinski definition) is 0. The second-order valence-electron chi connectivity index (χ2n) is 6.70. The normalized spacial score (nSPS) is 13.0. The van der Waals surface area contributed by atoms with Crippen LogP contribution in [0.5, 0.6) is 0 Å². The summed E-state index contributed by atoms with van der Waals surface area (Å²) in [5.41, 5.74) is 0. The van der Waals surface area contributed by atoms with Gasteiger partial charge in [0.1, 0.15) is 6.17 Å². The van der Waals surface area contributed by atoms with Crippen molar-refractivity contribution >= 4 is 5.97 Å². The third-order valence-corrected chi connectivity index (χ3v) is 4.25. The first kappa shape index (κ1) is 24.2. The summed E-state index contributed by atoms with van der Waals surface area (Å²) in [5, 5.41) is 0. The fourth-order valence-corrected chi connectivity index (χ4v) is 2.71. The van der Waals surface area contributed by atoms with Crippen LogP contribution in [0.1, 0.15) is 96.8 Å². The summed E-state index contributed by atoms with van der Waals surface area (Å²) < 4.78 is 53.4. The summed E-state index contributed by atoms with van der Waals surface area (Å²) >= 11 is 0. The van der Waals surface area contributed by atoms with Crippen molar-refractivity contribution in [1.82, 2.24) is 0 Å². The van der Waals surface area contributed by atoms with E-state index in [0.29, 0.717) is 32.1 Å². The Morgan fingerprint density at radius 3 is 1.72 bits per heavy atom. The van der Waals surface area contributed by atoms with E-state index in [1.54, 1.807) is 0 Å². The molecule has 6 heteroatoms. The first-order chi connectivity index (χ1) is 11.9. The van der Waals surface area contributed by atoms with Crippen LogP contribution in [0, 0.1) is 0 Å².